The number of benzene rings is 2. The highest BCUT2D eigenvalue weighted by Gasteiger charge is 2.33. The van der Waals surface area contributed by atoms with Crippen molar-refractivity contribution in [3.63, 3.8) is 0 Å². The third kappa shape index (κ3) is 5.92. The first-order valence-electron chi connectivity index (χ1n) is 10.5. The van der Waals surface area contributed by atoms with Crippen LogP contribution in [0.1, 0.15) is 36.8 Å². The Kier molecular flexibility index (Phi) is 7.46. The molecule has 2 aromatic carbocycles. The number of anilines is 1. The summed E-state index contributed by atoms with van der Waals surface area (Å²) < 4.78 is 27.8. The van der Waals surface area contributed by atoms with Gasteiger partial charge >= 0.3 is 11.8 Å². The van der Waals surface area contributed by atoms with Gasteiger partial charge in [-0.2, -0.15) is 4.31 Å². The maximum absolute atomic E-state index is 13.1. The van der Waals surface area contributed by atoms with Crippen LogP contribution in [0.4, 0.5) is 5.69 Å². The average molecular weight is 444 g/mol. The van der Waals surface area contributed by atoms with Gasteiger partial charge in [-0.15, -0.1) is 0 Å². The second-order valence-corrected chi connectivity index (χ2v) is 9.83. The van der Waals surface area contributed by atoms with E-state index in [9.17, 15) is 18.0 Å². The Morgan fingerprint density at radius 1 is 0.935 bits per heavy atom. The number of rotatable bonds is 6. The number of carbonyl (C=O) groups excluding carboxylic acids is 2. The molecule has 0 bridgehead atoms. The molecule has 2 aromatic rings. The van der Waals surface area contributed by atoms with E-state index in [1.165, 1.54) is 0 Å². The summed E-state index contributed by atoms with van der Waals surface area (Å²) in [6.45, 7) is 4.54. The molecule has 1 saturated heterocycles. The maximum Gasteiger partial charge on any atom is 0.313 e. The molecule has 7 nitrogen and oxygen atoms in total. The van der Waals surface area contributed by atoms with Gasteiger partial charge in [0.2, 0.25) is 10.0 Å². The van der Waals surface area contributed by atoms with Gasteiger partial charge in [0, 0.05) is 24.8 Å². The predicted molar refractivity (Wildman–Crippen MR) is 120 cm³/mol. The smallest absolute Gasteiger partial charge is 0.313 e. The van der Waals surface area contributed by atoms with Crippen LogP contribution < -0.4 is 10.6 Å². The lowest BCUT2D eigenvalue weighted by molar-refractivity contribution is -0.136. The van der Waals surface area contributed by atoms with Crippen molar-refractivity contribution in [1.29, 1.82) is 0 Å². The summed E-state index contributed by atoms with van der Waals surface area (Å²) in [6, 6.07) is 13.8. The lowest BCUT2D eigenvalue weighted by Gasteiger charge is -2.34. The van der Waals surface area contributed by atoms with Crippen molar-refractivity contribution < 1.29 is 18.0 Å². The molecule has 0 radical (unpaired) electrons. The molecule has 1 aliphatic rings. The van der Waals surface area contributed by atoms with Crippen molar-refractivity contribution >= 4 is 27.5 Å². The highest BCUT2D eigenvalue weighted by atomic mass is 32.2. The van der Waals surface area contributed by atoms with Gasteiger partial charge in [-0.1, -0.05) is 41.8 Å². The summed E-state index contributed by atoms with van der Waals surface area (Å²) >= 11 is 0. The number of piperidine rings is 1. The van der Waals surface area contributed by atoms with Crippen molar-refractivity contribution in [2.45, 2.75) is 50.5 Å². The lowest BCUT2D eigenvalue weighted by Crippen LogP contribution is -2.45. The van der Waals surface area contributed by atoms with Gasteiger partial charge < -0.3 is 10.6 Å². The second-order valence-electron chi connectivity index (χ2n) is 7.94. The number of nitrogens with zero attached hydrogens (tertiary/aromatic N) is 1. The van der Waals surface area contributed by atoms with E-state index in [1.807, 2.05) is 26.0 Å². The molecule has 2 N–H and O–H groups in total. The minimum absolute atomic E-state index is 0.208. The zero-order valence-electron chi connectivity index (χ0n) is 17.9. The van der Waals surface area contributed by atoms with Crippen LogP contribution in [0.5, 0.6) is 0 Å². The normalized spacial score (nSPS) is 17.2. The molecular weight excluding hydrogens is 414 g/mol. The van der Waals surface area contributed by atoms with E-state index in [1.54, 1.807) is 40.7 Å². The van der Waals surface area contributed by atoms with Crippen molar-refractivity contribution in [3.8, 4) is 0 Å². The average Bonchev–Trinajstić information content (AvgIpc) is 2.76. The Morgan fingerprint density at radius 2 is 1.55 bits per heavy atom. The Morgan fingerprint density at radius 3 is 2.19 bits per heavy atom. The third-order valence-electron chi connectivity index (χ3n) is 5.48. The van der Waals surface area contributed by atoms with E-state index in [0.29, 0.717) is 18.7 Å². The van der Waals surface area contributed by atoms with Crippen LogP contribution in [-0.4, -0.2) is 43.7 Å². The minimum atomic E-state index is -3.60. The molecule has 1 fully saturated rings. The molecule has 0 spiro atoms. The molecule has 3 rings (SSSR count). The third-order valence-corrected chi connectivity index (χ3v) is 7.45. The number of nitrogens with one attached hydrogen (secondary N) is 2. The van der Waals surface area contributed by atoms with E-state index in [0.717, 1.165) is 30.4 Å². The Balaban J connectivity index is 1.56. The van der Waals surface area contributed by atoms with E-state index in [4.69, 9.17) is 0 Å². The van der Waals surface area contributed by atoms with Gasteiger partial charge in [0.25, 0.3) is 0 Å². The summed E-state index contributed by atoms with van der Waals surface area (Å²) in [6.07, 6.45) is 2.94. The van der Waals surface area contributed by atoms with E-state index >= 15 is 0 Å². The Hall–Kier alpha value is -2.71. The first-order valence-corrected chi connectivity index (χ1v) is 12.0. The predicted octanol–water partition coefficient (Wildman–Crippen LogP) is 2.99. The van der Waals surface area contributed by atoms with Gasteiger partial charge in [-0.3, -0.25) is 9.59 Å². The summed E-state index contributed by atoms with van der Waals surface area (Å²) in [5, 5.41) is 5.17. The number of hydrogen-bond donors (Lipinski definition) is 2. The van der Waals surface area contributed by atoms with E-state index in [-0.39, 0.29) is 17.5 Å². The molecular formula is C23H29N3O4S. The molecule has 8 heteroatoms. The number of carbonyl (C=O) groups is 2. The monoisotopic (exact) mass is 443 g/mol. The Bertz CT molecular complexity index is 1020. The van der Waals surface area contributed by atoms with E-state index < -0.39 is 21.8 Å². The van der Waals surface area contributed by atoms with E-state index in [2.05, 4.69) is 10.6 Å². The van der Waals surface area contributed by atoms with Crippen LogP contribution in [0.25, 0.3) is 0 Å². The van der Waals surface area contributed by atoms with Crippen LogP contribution in [0.15, 0.2) is 53.4 Å². The molecule has 0 aromatic heterocycles. The lowest BCUT2D eigenvalue weighted by atomic mass is 10.0. The summed E-state index contributed by atoms with van der Waals surface area (Å²) in [4.78, 5) is 24.5. The zero-order chi connectivity index (χ0) is 22.4. The highest BCUT2D eigenvalue weighted by molar-refractivity contribution is 7.89. The molecule has 0 saturated carbocycles. The standard InChI is InChI=1S/C23H29N3O4S/c1-17-6-10-19(11-7-17)25-23(28)22(27)24-15-14-20-5-3-4-16-26(20)31(29,30)21-12-8-18(2)9-13-21/h6-13,20H,3-5,14-16H2,1-2H3,(H,24,27)(H,25,28). The fourth-order valence-corrected chi connectivity index (χ4v) is 5.41. The molecule has 1 aliphatic heterocycles. The number of sulfonamides is 1. The quantitative estimate of drug-likeness (QED) is 0.671. The van der Waals surface area contributed by atoms with Crippen LogP contribution in [-0.2, 0) is 19.6 Å². The number of amides is 2. The van der Waals surface area contributed by atoms with Crippen molar-refractivity contribution in [3.05, 3.63) is 59.7 Å². The largest absolute Gasteiger partial charge is 0.348 e. The molecule has 0 aliphatic carbocycles. The Labute approximate surface area is 183 Å². The highest BCUT2D eigenvalue weighted by Crippen LogP contribution is 2.27. The first kappa shape index (κ1) is 23.0. The van der Waals surface area contributed by atoms with Gasteiger partial charge in [0.1, 0.15) is 0 Å². The van der Waals surface area contributed by atoms with Gasteiger partial charge in [0.15, 0.2) is 0 Å². The molecule has 2 amide bonds. The van der Waals surface area contributed by atoms with Gasteiger partial charge in [-0.05, 0) is 57.4 Å². The molecule has 1 unspecified atom stereocenters. The second kappa shape index (κ2) is 10.1. The fraction of sp³-hybridized carbons (Fsp3) is 0.391. The van der Waals surface area contributed by atoms with Crippen LogP contribution in [0.2, 0.25) is 0 Å². The topological polar surface area (TPSA) is 95.6 Å². The van der Waals surface area contributed by atoms with Crippen LogP contribution in [0, 0.1) is 13.8 Å². The molecule has 166 valence electrons. The van der Waals surface area contributed by atoms with Gasteiger partial charge in [0.05, 0.1) is 4.90 Å². The summed E-state index contributed by atoms with van der Waals surface area (Å²) in [7, 11) is -3.60. The summed E-state index contributed by atoms with van der Waals surface area (Å²) in [5.41, 5.74) is 2.61. The SMILES string of the molecule is Cc1ccc(NC(=O)C(=O)NCCC2CCCCN2S(=O)(=O)c2ccc(C)cc2)cc1. The molecule has 1 atom stereocenters. The van der Waals surface area contributed by atoms with Crippen LogP contribution >= 0.6 is 0 Å². The molecule has 1 heterocycles. The minimum Gasteiger partial charge on any atom is -0.348 e. The molecule has 31 heavy (non-hydrogen) atoms. The number of hydrogen-bond acceptors (Lipinski definition) is 4. The first-order chi connectivity index (χ1) is 14.8. The maximum atomic E-state index is 13.1. The van der Waals surface area contributed by atoms with Crippen molar-refractivity contribution in [1.82, 2.24) is 9.62 Å². The fourth-order valence-electron chi connectivity index (χ4n) is 3.68. The van der Waals surface area contributed by atoms with Crippen molar-refractivity contribution in [2.24, 2.45) is 0 Å². The zero-order valence-corrected chi connectivity index (χ0v) is 18.7. The number of aryl methyl sites for hydroxylation is 2. The summed E-state index contributed by atoms with van der Waals surface area (Å²) in [5.74, 6) is -1.47. The van der Waals surface area contributed by atoms with Crippen LogP contribution in [0.3, 0.4) is 0 Å². The van der Waals surface area contributed by atoms with Crippen molar-refractivity contribution in [2.75, 3.05) is 18.4 Å². The van der Waals surface area contributed by atoms with Gasteiger partial charge in [-0.25, -0.2) is 8.42 Å².